The first-order chi connectivity index (χ1) is 12.4. The number of hydrogen-bond acceptors (Lipinski definition) is 5. The summed E-state index contributed by atoms with van der Waals surface area (Å²) in [5, 5.41) is 5.70. The van der Waals surface area contributed by atoms with E-state index in [1.165, 1.54) is 19.3 Å². The van der Waals surface area contributed by atoms with Gasteiger partial charge in [0.2, 0.25) is 11.8 Å². The maximum Gasteiger partial charge on any atom is 0.239 e. The van der Waals surface area contributed by atoms with E-state index in [1.807, 2.05) is 13.8 Å². The molecule has 28 heavy (non-hydrogen) atoms. The summed E-state index contributed by atoms with van der Waals surface area (Å²) in [6, 6.07) is -0.575. The molecule has 0 radical (unpaired) electrons. The molecule has 2 rings (SSSR count). The van der Waals surface area contributed by atoms with Crippen molar-refractivity contribution in [3.8, 4) is 0 Å². The molecule has 0 unspecified atom stereocenters. The quantitative estimate of drug-likeness (QED) is 0.528. The van der Waals surface area contributed by atoms with Crippen molar-refractivity contribution >= 4 is 36.6 Å². The van der Waals surface area contributed by atoms with Gasteiger partial charge in [-0.15, -0.1) is 24.8 Å². The van der Waals surface area contributed by atoms with Crippen LogP contribution in [0.5, 0.6) is 0 Å². The van der Waals surface area contributed by atoms with Crippen LogP contribution in [0.4, 0.5) is 0 Å². The average molecular weight is 441 g/mol. The van der Waals surface area contributed by atoms with Crippen molar-refractivity contribution in [1.29, 1.82) is 0 Å². The number of carbonyl (C=O) groups is 2. The van der Waals surface area contributed by atoms with Crippen LogP contribution in [-0.4, -0.2) is 68.7 Å². The topological polar surface area (TPSA) is 96.7 Å². The second-order valence-electron chi connectivity index (χ2n) is 8.21. The van der Waals surface area contributed by atoms with Crippen molar-refractivity contribution < 1.29 is 14.3 Å². The zero-order chi connectivity index (χ0) is 19.0. The van der Waals surface area contributed by atoms with E-state index in [2.05, 4.69) is 15.5 Å². The number of rotatable bonds is 8. The fraction of sp³-hybridized carbons (Fsp3) is 0.895. The lowest BCUT2D eigenvalue weighted by molar-refractivity contribution is -0.127. The molecule has 2 fully saturated rings. The monoisotopic (exact) mass is 440 g/mol. The zero-order valence-electron chi connectivity index (χ0n) is 17.2. The van der Waals surface area contributed by atoms with Gasteiger partial charge < -0.3 is 21.1 Å². The predicted octanol–water partition coefficient (Wildman–Crippen LogP) is 1.33. The summed E-state index contributed by atoms with van der Waals surface area (Å²) in [6.45, 7) is 9.00. The Hall–Kier alpha value is -0.600. The highest BCUT2D eigenvalue weighted by Gasteiger charge is 2.34. The smallest absolute Gasteiger partial charge is 0.239 e. The molecule has 2 aliphatic rings. The Morgan fingerprint density at radius 1 is 1.07 bits per heavy atom. The maximum atomic E-state index is 12.2. The van der Waals surface area contributed by atoms with Gasteiger partial charge in [0.25, 0.3) is 0 Å². The Morgan fingerprint density at radius 3 is 2.25 bits per heavy atom. The molecular weight excluding hydrogens is 403 g/mol. The molecule has 9 heteroatoms. The summed E-state index contributed by atoms with van der Waals surface area (Å²) < 4.78 is 5.45. The highest BCUT2D eigenvalue weighted by Crippen LogP contribution is 2.36. The molecule has 2 amide bonds. The third-order valence-corrected chi connectivity index (χ3v) is 5.68. The summed E-state index contributed by atoms with van der Waals surface area (Å²) in [4.78, 5) is 26.6. The van der Waals surface area contributed by atoms with Crippen LogP contribution in [0.1, 0.15) is 46.0 Å². The fourth-order valence-electron chi connectivity index (χ4n) is 3.86. The number of halogens is 2. The predicted molar refractivity (Wildman–Crippen MR) is 116 cm³/mol. The average Bonchev–Trinajstić information content (AvgIpc) is 2.65. The molecule has 1 saturated carbocycles. The minimum absolute atomic E-state index is 0. The van der Waals surface area contributed by atoms with Gasteiger partial charge in [-0.05, 0) is 18.8 Å². The number of ether oxygens (including phenoxy) is 1. The van der Waals surface area contributed by atoms with E-state index in [0.29, 0.717) is 6.54 Å². The van der Waals surface area contributed by atoms with E-state index >= 15 is 0 Å². The number of nitrogens with zero attached hydrogens (tertiary/aromatic N) is 1. The third kappa shape index (κ3) is 8.82. The molecule has 1 saturated heterocycles. The molecule has 4 N–H and O–H groups in total. The molecular formula is C19H38Cl2N4O3. The molecule has 7 nitrogen and oxygen atoms in total. The van der Waals surface area contributed by atoms with Crippen LogP contribution in [0.25, 0.3) is 0 Å². The van der Waals surface area contributed by atoms with Gasteiger partial charge in [-0.1, -0.05) is 33.1 Å². The van der Waals surface area contributed by atoms with Gasteiger partial charge in [-0.2, -0.15) is 0 Å². The van der Waals surface area contributed by atoms with Crippen molar-refractivity contribution in [2.45, 2.75) is 52.0 Å². The van der Waals surface area contributed by atoms with Crippen LogP contribution < -0.4 is 16.4 Å². The minimum Gasteiger partial charge on any atom is -0.379 e. The number of nitrogens with one attached hydrogen (secondary N) is 2. The Balaban J connectivity index is 0.00000364. The van der Waals surface area contributed by atoms with Crippen LogP contribution in [0.15, 0.2) is 0 Å². The SMILES string of the molecule is CC(C)[C@H](N)C(=O)NCC(=O)NCC1(CN2CCOCC2)CCCCC1.Cl.Cl. The first-order valence-electron chi connectivity index (χ1n) is 10.0. The van der Waals surface area contributed by atoms with Crippen LogP contribution in [-0.2, 0) is 14.3 Å². The molecule has 1 aliphatic carbocycles. The van der Waals surface area contributed by atoms with E-state index in [9.17, 15) is 9.59 Å². The normalized spacial score (nSPS) is 20.4. The largest absolute Gasteiger partial charge is 0.379 e. The van der Waals surface area contributed by atoms with Crippen molar-refractivity contribution in [1.82, 2.24) is 15.5 Å². The van der Waals surface area contributed by atoms with Gasteiger partial charge in [-0.25, -0.2) is 0 Å². The van der Waals surface area contributed by atoms with E-state index in [1.54, 1.807) is 0 Å². The number of amides is 2. The Kier molecular flexibility index (Phi) is 13.3. The lowest BCUT2D eigenvalue weighted by Crippen LogP contribution is -2.51. The second kappa shape index (κ2) is 13.6. The lowest BCUT2D eigenvalue weighted by Gasteiger charge is -2.42. The van der Waals surface area contributed by atoms with Crippen molar-refractivity contribution in [2.75, 3.05) is 45.9 Å². The van der Waals surface area contributed by atoms with Crippen molar-refractivity contribution in [2.24, 2.45) is 17.1 Å². The van der Waals surface area contributed by atoms with Gasteiger partial charge in [-0.3, -0.25) is 14.5 Å². The summed E-state index contributed by atoms with van der Waals surface area (Å²) in [6.07, 6.45) is 6.02. The third-order valence-electron chi connectivity index (χ3n) is 5.68. The molecule has 0 aromatic heterocycles. The first-order valence-corrected chi connectivity index (χ1v) is 10.0. The Bertz CT molecular complexity index is 468. The van der Waals surface area contributed by atoms with E-state index in [4.69, 9.17) is 10.5 Å². The molecule has 1 heterocycles. The maximum absolute atomic E-state index is 12.2. The van der Waals surface area contributed by atoms with Gasteiger partial charge in [0.1, 0.15) is 0 Å². The Morgan fingerprint density at radius 2 is 1.68 bits per heavy atom. The summed E-state index contributed by atoms with van der Waals surface area (Å²) >= 11 is 0. The van der Waals surface area contributed by atoms with Crippen LogP contribution in [0.3, 0.4) is 0 Å². The van der Waals surface area contributed by atoms with Crippen molar-refractivity contribution in [3.05, 3.63) is 0 Å². The summed E-state index contributed by atoms with van der Waals surface area (Å²) in [5.41, 5.74) is 5.95. The molecule has 0 aromatic carbocycles. The fourth-order valence-corrected chi connectivity index (χ4v) is 3.86. The molecule has 0 aromatic rings. The van der Waals surface area contributed by atoms with Gasteiger partial charge in [0, 0.05) is 31.6 Å². The minimum atomic E-state index is -0.575. The first kappa shape index (κ1) is 27.4. The standard InChI is InChI=1S/C19H36N4O3.2ClH/c1-15(2)17(20)18(25)21-12-16(24)22-13-19(6-4-3-5-7-19)14-23-8-10-26-11-9-23;;/h15,17H,3-14,20H2,1-2H3,(H,21,25)(H,22,24);2*1H/t17-;;/m0../s1. The van der Waals surface area contributed by atoms with Crippen LogP contribution >= 0.6 is 24.8 Å². The number of morpholine rings is 1. The summed E-state index contributed by atoms with van der Waals surface area (Å²) in [5.74, 6) is -0.353. The van der Waals surface area contributed by atoms with Crippen LogP contribution in [0.2, 0.25) is 0 Å². The molecule has 0 spiro atoms. The number of carbonyl (C=O) groups excluding carboxylic acids is 2. The highest BCUT2D eigenvalue weighted by molar-refractivity contribution is 5.87. The molecule has 1 atom stereocenters. The lowest BCUT2D eigenvalue weighted by atomic mass is 9.73. The second-order valence-corrected chi connectivity index (χ2v) is 8.21. The molecule has 1 aliphatic heterocycles. The van der Waals surface area contributed by atoms with Crippen LogP contribution in [0, 0.1) is 11.3 Å². The van der Waals surface area contributed by atoms with Gasteiger partial charge in [0.05, 0.1) is 25.8 Å². The molecule has 166 valence electrons. The zero-order valence-corrected chi connectivity index (χ0v) is 18.8. The highest BCUT2D eigenvalue weighted by atomic mass is 35.5. The van der Waals surface area contributed by atoms with E-state index in [0.717, 1.165) is 45.7 Å². The Labute approximate surface area is 181 Å². The van der Waals surface area contributed by atoms with Gasteiger partial charge in [0.15, 0.2) is 0 Å². The number of hydrogen-bond donors (Lipinski definition) is 3. The van der Waals surface area contributed by atoms with E-state index in [-0.39, 0.29) is 54.5 Å². The molecule has 0 bridgehead atoms. The van der Waals surface area contributed by atoms with Crippen molar-refractivity contribution in [3.63, 3.8) is 0 Å². The van der Waals surface area contributed by atoms with E-state index < -0.39 is 6.04 Å². The summed E-state index contributed by atoms with van der Waals surface area (Å²) in [7, 11) is 0. The van der Waals surface area contributed by atoms with Gasteiger partial charge >= 0.3 is 0 Å². The number of nitrogens with two attached hydrogens (primary N) is 1.